The Labute approximate surface area is 105 Å². The lowest BCUT2D eigenvalue weighted by Gasteiger charge is -2.18. The molecule has 1 rings (SSSR count). The highest BCUT2D eigenvalue weighted by atomic mass is 19.4. The zero-order chi connectivity index (χ0) is 14.7. The molecule has 0 atom stereocenters. The number of hydrogen-bond acceptors (Lipinski definition) is 2. The second-order valence-electron chi connectivity index (χ2n) is 3.82. The van der Waals surface area contributed by atoms with Crippen LogP contribution in [0.2, 0.25) is 0 Å². The summed E-state index contributed by atoms with van der Waals surface area (Å²) in [4.78, 5) is 0. The Bertz CT molecular complexity index is 429. The van der Waals surface area contributed by atoms with Crippen molar-refractivity contribution in [3.63, 3.8) is 0 Å². The molecule has 0 amide bonds. The van der Waals surface area contributed by atoms with Crippen molar-refractivity contribution in [2.24, 2.45) is 0 Å². The van der Waals surface area contributed by atoms with Crippen molar-refractivity contribution in [3.8, 4) is 5.75 Å². The first-order chi connectivity index (χ1) is 8.59. The van der Waals surface area contributed by atoms with Crippen molar-refractivity contribution in [1.82, 2.24) is 0 Å². The summed E-state index contributed by atoms with van der Waals surface area (Å²) in [6, 6.07) is 2.96. The predicted octanol–water partition coefficient (Wildman–Crippen LogP) is 2.96. The van der Waals surface area contributed by atoms with Crippen LogP contribution in [0.1, 0.15) is 5.56 Å². The second kappa shape index (κ2) is 5.73. The summed E-state index contributed by atoms with van der Waals surface area (Å²) in [6.07, 6.45) is -4.47. The molecule has 19 heavy (non-hydrogen) atoms. The fraction of sp³-hybridized carbons (Fsp3) is 0.400. The number of aryl methyl sites for hydroxylation is 1. The first kappa shape index (κ1) is 15.7. The standard InChI is InChI=1S/C10H10BF6O2/c1-7-4-8(2-3-9(7)11(15,16)17)19-6-18-5-10(12,13)14/h2-4H,5-6H2,1H3/q-1. The van der Waals surface area contributed by atoms with Gasteiger partial charge in [-0.05, 0) is 19.1 Å². The van der Waals surface area contributed by atoms with E-state index in [4.69, 9.17) is 4.74 Å². The maximum Gasteiger partial charge on any atom is 0.509 e. The van der Waals surface area contributed by atoms with E-state index >= 15 is 0 Å². The minimum atomic E-state index is -5.12. The van der Waals surface area contributed by atoms with E-state index in [2.05, 4.69) is 4.74 Å². The van der Waals surface area contributed by atoms with Gasteiger partial charge in [0.15, 0.2) is 6.79 Å². The number of rotatable bonds is 5. The molecule has 0 saturated heterocycles. The summed E-state index contributed by atoms with van der Waals surface area (Å²) in [6.45, 7) is -6.03. The van der Waals surface area contributed by atoms with Crippen LogP contribution in [0.5, 0.6) is 5.75 Å². The van der Waals surface area contributed by atoms with Gasteiger partial charge in [0.25, 0.3) is 0 Å². The van der Waals surface area contributed by atoms with Gasteiger partial charge in [0.1, 0.15) is 12.4 Å². The van der Waals surface area contributed by atoms with Crippen molar-refractivity contribution in [2.75, 3.05) is 13.4 Å². The first-order valence-corrected chi connectivity index (χ1v) is 5.17. The third kappa shape index (κ3) is 5.42. The Kier molecular flexibility index (Phi) is 4.73. The summed E-state index contributed by atoms with van der Waals surface area (Å²) < 4.78 is 81.6. The molecule has 2 nitrogen and oxygen atoms in total. The van der Waals surface area contributed by atoms with E-state index in [-0.39, 0.29) is 11.3 Å². The van der Waals surface area contributed by atoms with Crippen LogP contribution in [-0.2, 0) is 4.74 Å². The molecule has 0 unspecified atom stereocenters. The Morgan fingerprint density at radius 2 is 1.79 bits per heavy atom. The number of benzene rings is 1. The fourth-order valence-electron chi connectivity index (χ4n) is 1.37. The highest BCUT2D eigenvalue weighted by molar-refractivity contribution is 6.74. The molecule has 0 N–H and O–H groups in total. The molecule has 0 fully saturated rings. The SMILES string of the molecule is Cc1cc(OCOCC(F)(F)F)ccc1[B-](F)(F)F. The molecule has 1 aromatic carbocycles. The van der Waals surface area contributed by atoms with Crippen molar-refractivity contribution < 1.29 is 35.6 Å². The average molecular weight is 287 g/mol. The minimum absolute atomic E-state index is 0.0171. The van der Waals surface area contributed by atoms with E-state index in [0.717, 1.165) is 18.2 Å². The minimum Gasteiger partial charge on any atom is -0.468 e. The molecule has 108 valence electrons. The molecule has 0 aliphatic heterocycles. The normalized spacial score (nSPS) is 12.6. The largest absolute Gasteiger partial charge is 0.509 e. The molecule has 0 aliphatic carbocycles. The molecule has 0 radical (unpaired) electrons. The van der Waals surface area contributed by atoms with Gasteiger partial charge in [-0.15, -0.1) is 5.46 Å². The third-order valence-electron chi connectivity index (χ3n) is 2.17. The summed E-state index contributed by atoms with van der Waals surface area (Å²) in [5.74, 6) is 0.0171. The van der Waals surface area contributed by atoms with E-state index in [1.165, 1.54) is 6.92 Å². The topological polar surface area (TPSA) is 18.5 Å². The first-order valence-electron chi connectivity index (χ1n) is 5.17. The van der Waals surface area contributed by atoms with Crippen LogP contribution in [0.25, 0.3) is 0 Å². The van der Waals surface area contributed by atoms with E-state index in [1.807, 2.05) is 0 Å². The van der Waals surface area contributed by atoms with Gasteiger partial charge < -0.3 is 22.4 Å². The lowest BCUT2D eigenvalue weighted by atomic mass is 9.77. The van der Waals surface area contributed by atoms with Crippen molar-refractivity contribution in [3.05, 3.63) is 23.8 Å². The second-order valence-corrected chi connectivity index (χ2v) is 3.82. The van der Waals surface area contributed by atoms with Crippen LogP contribution in [0.3, 0.4) is 0 Å². The van der Waals surface area contributed by atoms with Crippen molar-refractivity contribution in [1.29, 1.82) is 0 Å². The Balaban J connectivity index is 2.55. The lowest BCUT2D eigenvalue weighted by molar-refractivity contribution is -0.186. The van der Waals surface area contributed by atoms with Gasteiger partial charge in [-0.1, -0.05) is 11.6 Å². The molecular weight excluding hydrogens is 277 g/mol. The molecule has 0 bridgehead atoms. The van der Waals surface area contributed by atoms with Gasteiger partial charge in [0.2, 0.25) is 0 Å². The molecule has 0 saturated carbocycles. The van der Waals surface area contributed by atoms with Gasteiger partial charge in [0.05, 0.1) is 0 Å². The molecule has 0 spiro atoms. The molecule has 0 aromatic heterocycles. The third-order valence-corrected chi connectivity index (χ3v) is 2.17. The molecule has 0 heterocycles. The van der Waals surface area contributed by atoms with Crippen molar-refractivity contribution in [2.45, 2.75) is 13.1 Å². The summed E-state index contributed by atoms with van der Waals surface area (Å²) >= 11 is 0. The van der Waals surface area contributed by atoms with Crippen LogP contribution >= 0.6 is 0 Å². The maximum absolute atomic E-state index is 12.5. The zero-order valence-electron chi connectivity index (χ0n) is 9.81. The Hall–Kier alpha value is -1.38. The molecule has 0 aliphatic rings. The van der Waals surface area contributed by atoms with Crippen LogP contribution < -0.4 is 10.2 Å². The molecule has 1 aromatic rings. The summed E-state index contributed by atoms with van der Waals surface area (Å²) in [5.41, 5.74) is -0.815. The zero-order valence-corrected chi connectivity index (χ0v) is 9.81. The van der Waals surface area contributed by atoms with Crippen molar-refractivity contribution >= 4 is 12.4 Å². The highest BCUT2D eigenvalue weighted by Crippen LogP contribution is 2.18. The number of hydrogen-bond donors (Lipinski definition) is 0. The van der Waals surface area contributed by atoms with Gasteiger partial charge in [-0.2, -0.15) is 13.2 Å². The summed E-state index contributed by atoms with van der Waals surface area (Å²) in [5, 5.41) is 0. The van der Waals surface area contributed by atoms with E-state index < -0.39 is 32.0 Å². The van der Waals surface area contributed by atoms with Gasteiger partial charge in [0, 0.05) is 0 Å². The Morgan fingerprint density at radius 3 is 2.26 bits per heavy atom. The number of halogens is 6. The average Bonchev–Trinajstić information content (AvgIpc) is 2.21. The summed E-state index contributed by atoms with van der Waals surface area (Å²) in [7, 11) is 0. The van der Waals surface area contributed by atoms with Crippen LogP contribution in [0.15, 0.2) is 18.2 Å². The fourth-order valence-corrected chi connectivity index (χ4v) is 1.37. The van der Waals surface area contributed by atoms with Crippen LogP contribution in [-0.4, -0.2) is 26.6 Å². The van der Waals surface area contributed by atoms with Gasteiger partial charge in [-0.3, -0.25) is 0 Å². The predicted molar refractivity (Wildman–Crippen MR) is 57.4 cm³/mol. The molecule has 9 heteroatoms. The number of ether oxygens (including phenoxy) is 2. The smallest absolute Gasteiger partial charge is 0.468 e. The maximum atomic E-state index is 12.5. The van der Waals surface area contributed by atoms with Crippen LogP contribution in [0, 0.1) is 6.92 Å². The number of alkyl halides is 3. The monoisotopic (exact) mass is 287 g/mol. The van der Waals surface area contributed by atoms with Crippen LogP contribution in [0.4, 0.5) is 26.1 Å². The highest BCUT2D eigenvalue weighted by Gasteiger charge is 2.28. The lowest BCUT2D eigenvalue weighted by Crippen LogP contribution is -2.35. The quantitative estimate of drug-likeness (QED) is 0.359. The van der Waals surface area contributed by atoms with E-state index in [0.29, 0.717) is 0 Å². The van der Waals surface area contributed by atoms with E-state index in [9.17, 15) is 26.1 Å². The Morgan fingerprint density at radius 1 is 1.16 bits per heavy atom. The molecular formula is C10H10BF6O2-. The van der Waals surface area contributed by atoms with Gasteiger partial charge >= 0.3 is 13.2 Å². The van der Waals surface area contributed by atoms with Gasteiger partial charge in [-0.25, -0.2) is 0 Å². The van der Waals surface area contributed by atoms with E-state index in [1.54, 1.807) is 0 Å².